The summed E-state index contributed by atoms with van der Waals surface area (Å²) in [7, 11) is 0.0224. The number of benzene rings is 2. The van der Waals surface area contributed by atoms with Gasteiger partial charge in [-0.2, -0.15) is 4.31 Å². The van der Waals surface area contributed by atoms with Gasteiger partial charge in [-0.3, -0.25) is 9.59 Å². The molecule has 172 valence electrons. The highest BCUT2D eigenvalue weighted by atomic mass is 32.2. The number of amides is 1. The predicted octanol–water partition coefficient (Wildman–Crippen LogP) is 1.91. The molecule has 8 nitrogen and oxygen atoms in total. The lowest BCUT2D eigenvalue weighted by atomic mass is 10.1. The molecule has 9 heteroatoms. The highest BCUT2D eigenvalue weighted by Crippen LogP contribution is 2.18. The van der Waals surface area contributed by atoms with E-state index in [0.717, 1.165) is 5.56 Å². The smallest absolute Gasteiger partial charge is 0.243 e. The maximum Gasteiger partial charge on any atom is 0.243 e. The number of nitrogens with one attached hydrogen (secondary N) is 1. The molecule has 0 atom stereocenters. The highest BCUT2D eigenvalue weighted by Gasteiger charge is 2.27. The van der Waals surface area contributed by atoms with Gasteiger partial charge in [-0.05, 0) is 49.0 Å². The lowest BCUT2D eigenvalue weighted by Crippen LogP contribution is -2.47. The molecule has 3 rings (SSSR count). The molecule has 2 aromatic carbocycles. The minimum atomic E-state index is -3.51. The molecule has 1 heterocycles. The van der Waals surface area contributed by atoms with Gasteiger partial charge >= 0.3 is 0 Å². The summed E-state index contributed by atoms with van der Waals surface area (Å²) in [6, 6.07) is 13.3. The van der Waals surface area contributed by atoms with E-state index in [9.17, 15) is 18.0 Å². The van der Waals surface area contributed by atoms with Crippen LogP contribution in [0.5, 0.6) is 5.75 Å². The third-order valence-electron chi connectivity index (χ3n) is 5.50. The largest absolute Gasteiger partial charge is 0.497 e. The van der Waals surface area contributed by atoms with Crippen molar-refractivity contribution >= 4 is 21.7 Å². The first-order valence-electron chi connectivity index (χ1n) is 10.5. The van der Waals surface area contributed by atoms with Crippen LogP contribution < -0.4 is 10.1 Å². The van der Waals surface area contributed by atoms with Crippen LogP contribution in [0, 0.1) is 0 Å². The van der Waals surface area contributed by atoms with Crippen molar-refractivity contribution in [1.82, 2.24) is 14.5 Å². The molecule has 32 heavy (non-hydrogen) atoms. The Labute approximate surface area is 189 Å². The van der Waals surface area contributed by atoms with Crippen molar-refractivity contribution in [1.29, 1.82) is 0 Å². The van der Waals surface area contributed by atoms with Crippen LogP contribution in [-0.2, 0) is 21.4 Å². The lowest BCUT2D eigenvalue weighted by molar-refractivity contribution is -0.121. The first-order valence-corrected chi connectivity index (χ1v) is 11.9. The molecule has 1 aliphatic rings. The Balaban J connectivity index is 1.47. The summed E-state index contributed by atoms with van der Waals surface area (Å²) in [6.45, 7) is 2.65. The van der Waals surface area contributed by atoms with Crippen molar-refractivity contribution in [3.05, 3.63) is 59.7 Å². The van der Waals surface area contributed by atoms with Crippen LogP contribution in [0.15, 0.2) is 53.4 Å². The topological polar surface area (TPSA) is 96.0 Å². The number of hydrogen-bond donors (Lipinski definition) is 1. The summed E-state index contributed by atoms with van der Waals surface area (Å²) in [5, 5.41) is 2.77. The molecule has 1 fully saturated rings. The Hall–Kier alpha value is -2.75. The Bertz CT molecular complexity index is 1030. The maximum atomic E-state index is 12.8. The third kappa shape index (κ3) is 6.15. The summed E-state index contributed by atoms with van der Waals surface area (Å²) in [6.07, 6.45) is 0.196. The van der Waals surface area contributed by atoms with Crippen molar-refractivity contribution in [3.63, 3.8) is 0 Å². The van der Waals surface area contributed by atoms with Crippen molar-refractivity contribution in [2.45, 2.75) is 24.3 Å². The Morgan fingerprint density at radius 3 is 2.16 bits per heavy atom. The zero-order valence-electron chi connectivity index (χ0n) is 18.4. The number of ether oxygens (including phenoxy) is 1. The van der Waals surface area contributed by atoms with Crippen LogP contribution in [0.25, 0.3) is 0 Å². The molecule has 0 unspecified atom stereocenters. The molecule has 0 bridgehead atoms. The van der Waals surface area contributed by atoms with Crippen LogP contribution in [0.2, 0.25) is 0 Å². The van der Waals surface area contributed by atoms with Gasteiger partial charge in [0.05, 0.1) is 12.0 Å². The molecule has 1 aliphatic heterocycles. The predicted molar refractivity (Wildman–Crippen MR) is 121 cm³/mol. The zero-order valence-corrected chi connectivity index (χ0v) is 19.2. The normalized spacial score (nSPS) is 15.3. The van der Waals surface area contributed by atoms with Crippen LogP contribution in [0.1, 0.15) is 28.8 Å². The zero-order chi connectivity index (χ0) is 23.1. The number of carbonyl (C=O) groups is 2. The fraction of sp³-hybridized carbons (Fsp3) is 0.391. The molecule has 0 aromatic heterocycles. The average Bonchev–Trinajstić information content (AvgIpc) is 2.81. The number of sulfonamides is 1. The lowest BCUT2D eigenvalue weighted by Gasteiger charge is -2.31. The number of likely N-dealkylation sites (N-methyl/N-ethyl adjacent to an activating group) is 1. The molecular weight excluding hydrogens is 430 g/mol. The SMILES string of the molecule is COc1ccc(C(=O)CCC(=O)NCc2ccc(S(=O)(=O)N3CCN(C)CC3)cc2)cc1. The first kappa shape index (κ1) is 23.9. The van der Waals surface area contributed by atoms with Crippen LogP contribution in [0.3, 0.4) is 0 Å². The summed E-state index contributed by atoms with van der Waals surface area (Å²) in [5.41, 5.74) is 1.33. The Morgan fingerprint density at radius 1 is 0.938 bits per heavy atom. The van der Waals surface area contributed by atoms with Gasteiger partial charge in [-0.25, -0.2) is 8.42 Å². The van der Waals surface area contributed by atoms with E-state index in [4.69, 9.17) is 4.74 Å². The fourth-order valence-corrected chi connectivity index (χ4v) is 4.82. The highest BCUT2D eigenvalue weighted by molar-refractivity contribution is 7.89. The van der Waals surface area contributed by atoms with E-state index in [-0.39, 0.29) is 36.0 Å². The number of Topliss-reactive ketones (excluding diaryl/α,β-unsaturated/α-hetero) is 1. The molecular formula is C23H29N3O5S. The summed E-state index contributed by atoms with van der Waals surface area (Å²) in [4.78, 5) is 26.7. The molecule has 1 amide bonds. The molecule has 1 saturated heterocycles. The molecule has 0 saturated carbocycles. The minimum absolute atomic E-state index is 0.0841. The molecule has 0 aliphatic carbocycles. The standard InChI is InChI=1S/C23H29N3O5S/c1-25-13-15-26(16-14-25)32(29,30)21-9-3-18(4-10-21)17-24-23(28)12-11-22(27)19-5-7-20(31-2)8-6-19/h3-10H,11-17H2,1-2H3,(H,24,28). The second kappa shape index (κ2) is 10.7. The molecule has 2 aromatic rings. The maximum absolute atomic E-state index is 12.8. The number of piperazine rings is 1. The quantitative estimate of drug-likeness (QED) is 0.576. The van der Waals surface area contributed by atoms with Crippen LogP contribution in [-0.4, -0.2) is 69.6 Å². The summed E-state index contributed by atoms with van der Waals surface area (Å²) < 4.78 is 32.1. The van der Waals surface area contributed by atoms with Gasteiger partial charge in [-0.1, -0.05) is 12.1 Å². The van der Waals surface area contributed by atoms with Gasteiger partial charge in [0, 0.05) is 51.1 Å². The summed E-state index contributed by atoms with van der Waals surface area (Å²) >= 11 is 0. The minimum Gasteiger partial charge on any atom is -0.497 e. The van der Waals surface area contributed by atoms with Crippen LogP contribution in [0.4, 0.5) is 0 Å². The van der Waals surface area contributed by atoms with Crippen molar-refractivity contribution in [3.8, 4) is 5.75 Å². The van der Waals surface area contributed by atoms with Gasteiger partial charge in [-0.15, -0.1) is 0 Å². The summed E-state index contributed by atoms with van der Waals surface area (Å²) in [5.74, 6) is 0.323. The molecule has 0 radical (unpaired) electrons. The van der Waals surface area contributed by atoms with Gasteiger partial charge < -0.3 is 15.0 Å². The van der Waals surface area contributed by atoms with E-state index in [0.29, 0.717) is 37.5 Å². The van der Waals surface area contributed by atoms with Crippen molar-refractivity contribution in [2.24, 2.45) is 0 Å². The van der Waals surface area contributed by atoms with Gasteiger partial charge in [0.15, 0.2) is 5.78 Å². The van der Waals surface area contributed by atoms with E-state index >= 15 is 0 Å². The second-order valence-corrected chi connectivity index (χ2v) is 9.72. The number of rotatable bonds is 9. The van der Waals surface area contributed by atoms with Crippen LogP contribution >= 0.6 is 0 Å². The number of carbonyl (C=O) groups excluding carboxylic acids is 2. The fourth-order valence-electron chi connectivity index (χ4n) is 3.39. The van der Waals surface area contributed by atoms with Gasteiger partial charge in [0.25, 0.3) is 0 Å². The third-order valence-corrected chi connectivity index (χ3v) is 7.42. The average molecular weight is 460 g/mol. The first-order chi connectivity index (χ1) is 15.3. The van der Waals surface area contributed by atoms with E-state index in [2.05, 4.69) is 10.2 Å². The number of ketones is 1. The molecule has 0 spiro atoms. The number of methoxy groups -OCH3 is 1. The number of nitrogens with zero attached hydrogens (tertiary/aromatic N) is 2. The van der Waals surface area contributed by atoms with E-state index in [1.54, 1.807) is 55.6 Å². The van der Waals surface area contributed by atoms with Crippen molar-refractivity contribution < 1.29 is 22.7 Å². The Morgan fingerprint density at radius 2 is 1.56 bits per heavy atom. The van der Waals surface area contributed by atoms with E-state index in [1.165, 1.54) is 4.31 Å². The Kier molecular flexibility index (Phi) is 8.00. The molecule has 1 N–H and O–H groups in total. The van der Waals surface area contributed by atoms with E-state index < -0.39 is 10.0 Å². The van der Waals surface area contributed by atoms with Gasteiger partial charge in [0.2, 0.25) is 15.9 Å². The monoisotopic (exact) mass is 459 g/mol. The van der Waals surface area contributed by atoms with E-state index in [1.807, 2.05) is 7.05 Å². The number of hydrogen-bond acceptors (Lipinski definition) is 6. The van der Waals surface area contributed by atoms with Crippen molar-refractivity contribution in [2.75, 3.05) is 40.3 Å². The second-order valence-electron chi connectivity index (χ2n) is 7.78. The van der Waals surface area contributed by atoms with Gasteiger partial charge in [0.1, 0.15) is 5.75 Å².